The number of carbonyl (C=O) groups excluding carboxylic acids is 1. The maximum Gasteiger partial charge on any atom is 0.310 e. The van der Waals surface area contributed by atoms with Crippen LogP contribution in [0.1, 0.15) is 12.5 Å². The van der Waals surface area contributed by atoms with E-state index in [1.165, 1.54) is 0 Å². The van der Waals surface area contributed by atoms with Crippen molar-refractivity contribution in [2.45, 2.75) is 13.3 Å². The molecule has 4 heteroatoms. The van der Waals surface area contributed by atoms with E-state index in [2.05, 4.69) is 4.98 Å². The van der Waals surface area contributed by atoms with Crippen molar-refractivity contribution in [3.05, 3.63) is 30.1 Å². The number of rotatable bonds is 5. The maximum atomic E-state index is 11.5. The summed E-state index contributed by atoms with van der Waals surface area (Å²) in [6, 6.07) is 3.77. The van der Waals surface area contributed by atoms with Gasteiger partial charge in [0.2, 0.25) is 0 Å². The predicted octanol–water partition coefficient (Wildman–Crippen LogP) is 0.762. The molecule has 15 heavy (non-hydrogen) atoms. The van der Waals surface area contributed by atoms with Crippen LogP contribution in [0.25, 0.3) is 0 Å². The zero-order valence-electron chi connectivity index (χ0n) is 8.85. The Hall–Kier alpha value is -1.42. The average molecular weight is 208 g/mol. The summed E-state index contributed by atoms with van der Waals surface area (Å²) in [6.07, 6.45) is 4.02. The third kappa shape index (κ3) is 3.67. The molecule has 0 radical (unpaired) electrons. The van der Waals surface area contributed by atoms with Gasteiger partial charge in [-0.05, 0) is 25.0 Å². The van der Waals surface area contributed by atoms with E-state index < -0.39 is 0 Å². The van der Waals surface area contributed by atoms with Crippen molar-refractivity contribution in [3.63, 3.8) is 0 Å². The fraction of sp³-hybridized carbons (Fsp3) is 0.455. The predicted molar refractivity (Wildman–Crippen MR) is 57.1 cm³/mol. The number of ether oxygens (including phenoxy) is 1. The van der Waals surface area contributed by atoms with Crippen LogP contribution in [0.15, 0.2) is 24.5 Å². The second kappa shape index (κ2) is 6.14. The quantitative estimate of drug-likeness (QED) is 0.725. The molecule has 0 aliphatic rings. The molecule has 1 atom stereocenters. The lowest BCUT2D eigenvalue weighted by Gasteiger charge is -2.12. The van der Waals surface area contributed by atoms with Crippen molar-refractivity contribution in [1.29, 1.82) is 0 Å². The molecule has 1 rings (SSSR count). The molecular formula is C11H16N2O2. The molecule has 0 bridgehead atoms. The number of aromatic nitrogens is 1. The highest BCUT2D eigenvalue weighted by Gasteiger charge is 2.18. The third-order valence-corrected chi connectivity index (χ3v) is 2.11. The minimum Gasteiger partial charge on any atom is -0.466 e. The lowest BCUT2D eigenvalue weighted by molar-refractivity contribution is -0.147. The number of nitrogens with two attached hydrogens (primary N) is 1. The van der Waals surface area contributed by atoms with E-state index >= 15 is 0 Å². The van der Waals surface area contributed by atoms with Gasteiger partial charge in [0.1, 0.15) is 0 Å². The summed E-state index contributed by atoms with van der Waals surface area (Å²) >= 11 is 0. The van der Waals surface area contributed by atoms with E-state index in [9.17, 15) is 4.79 Å². The second-order valence-electron chi connectivity index (χ2n) is 3.25. The summed E-state index contributed by atoms with van der Waals surface area (Å²) in [5, 5.41) is 0. The van der Waals surface area contributed by atoms with Gasteiger partial charge in [-0.25, -0.2) is 0 Å². The van der Waals surface area contributed by atoms with Gasteiger partial charge in [-0.15, -0.1) is 0 Å². The Bertz CT molecular complexity index is 301. The molecule has 4 nitrogen and oxygen atoms in total. The van der Waals surface area contributed by atoms with Crippen LogP contribution in [-0.2, 0) is 16.0 Å². The summed E-state index contributed by atoms with van der Waals surface area (Å²) < 4.78 is 4.93. The molecule has 82 valence electrons. The van der Waals surface area contributed by atoms with Crippen LogP contribution < -0.4 is 5.73 Å². The summed E-state index contributed by atoms with van der Waals surface area (Å²) in [5.41, 5.74) is 6.53. The fourth-order valence-electron chi connectivity index (χ4n) is 1.33. The average Bonchev–Trinajstić information content (AvgIpc) is 2.27. The van der Waals surface area contributed by atoms with Gasteiger partial charge < -0.3 is 10.5 Å². The maximum absolute atomic E-state index is 11.5. The van der Waals surface area contributed by atoms with Crippen molar-refractivity contribution >= 4 is 5.97 Å². The van der Waals surface area contributed by atoms with E-state index in [0.29, 0.717) is 19.6 Å². The van der Waals surface area contributed by atoms with Crippen LogP contribution >= 0.6 is 0 Å². The van der Waals surface area contributed by atoms with Crippen molar-refractivity contribution in [2.75, 3.05) is 13.2 Å². The number of pyridine rings is 1. The number of hydrogen-bond donors (Lipinski definition) is 1. The molecule has 0 aliphatic carbocycles. The molecule has 0 amide bonds. The number of carbonyl (C=O) groups is 1. The Kier molecular flexibility index (Phi) is 4.77. The number of nitrogens with zero attached hydrogens (tertiary/aromatic N) is 1. The largest absolute Gasteiger partial charge is 0.466 e. The van der Waals surface area contributed by atoms with E-state index in [0.717, 1.165) is 5.56 Å². The van der Waals surface area contributed by atoms with Crippen LogP contribution in [-0.4, -0.2) is 24.1 Å². The molecule has 0 saturated carbocycles. The summed E-state index contributed by atoms with van der Waals surface area (Å²) in [6.45, 7) is 2.48. The Morgan fingerprint density at radius 1 is 1.67 bits per heavy atom. The smallest absolute Gasteiger partial charge is 0.310 e. The molecule has 0 spiro atoms. The molecule has 1 aromatic heterocycles. The van der Waals surface area contributed by atoms with E-state index in [4.69, 9.17) is 10.5 Å². The molecule has 0 aliphatic heterocycles. The normalized spacial score (nSPS) is 12.1. The van der Waals surface area contributed by atoms with Crippen molar-refractivity contribution < 1.29 is 9.53 Å². The molecule has 0 saturated heterocycles. The summed E-state index contributed by atoms with van der Waals surface area (Å²) in [5.74, 6) is -0.502. The Labute approximate surface area is 89.5 Å². The zero-order valence-corrected chi connectivity index (χ0v) is 8.85. The van der Waals surface area contributed by atoms with Crippen LogP contribution in [0.3, 0.4) is 0 Å². The van der Waals surface area contributed by atoms with Gasteiger partial charge in [0.25, 0.3) is 0 Å². The molecule has 0 unspecified atom stereocenters. The second-order valence-corrected chi connectivity index (χ2v) is 3.25. The van der Waals surface area contributed by atoms with E-state index in [-0.39, 0.29) is 11.9 Å². The van der Waals surface area contributed by atoms with Gasteiger partial charge in [-0.1, -0.05) is 6.07 Å². The first-order chi connectivity index (χ1) is 7.27. The highest BCUT2D eigenvalue weighted by molar-refractivity contribution is 5.73. The highest BCUT2D eigenvalue weighted by atomic mass is 16.5. The van der Waals surface area contributed by atoms with Crippen LogP contribution in [0.4, 0.5) is 0 Å². The Morgan fingerprint density at radius 2 is 2.47 bits per heavy atom. The molecular weight excluding hydrogens is 192 g/mol. The Morgan fingerprint density at radius 3 is 3.00 bits per heavy atom. The molecule has 0 fully saturated rings. The topological polar surface area (TPSA) is 65.2 Å². The minimum absolute atomic E-state index is 0.233. The number of esters is 1. The van der Waals surface area contributed by atoms with Crippen molar-refractivity contribution in [2.24, 2.45) is 11.7 Å². The van der Waals surface area contributed by atoms with Gasteiger partial charge in [0, 0.05) is 18.9 Å². The molecule has 1 heterocycles. The lowest BCUT2D eigenvalue weighted by Crippen LogP contribution is -2.27. The number of hydrogen-bond acceptors (Lipinski definition) is 4. The SMILES string of the molecule is CCOC(=O)[C@@H](CN)Cc1cccnc1. The molecule has 0 aromatic carbocycles. The van der Waals surface area contributed by atoms with E-state index in [1.54, 1.807) is 19.3 Å². The standard InChI is InChI=1S/C11H16N2O2/c1-2-15-11(14)10(7-12)6-9-4-3-5-13-8-9/h3-5,8,10H,2,6-7,12H2,1H3/t10-/m1/s1. The van der Waals surface area contributed by atoms with Gasteiger partial charge in [0.05, 0.1) is 12.5 Å². The zero-order chi connectivity index (χ0) is 11.1. The first-order valence-electron chi connectivity index (χ1n) is 5.03. The fourth-order valence-corrected chi connectivity index (χ4v) is 1.33. The molecule has 1 aromatic rings. The van der Waals surface area contributed by atoms with E-state index in [1.807, 2.05) is 12.1 Å². The monoisotopic (exact) mass is 208 g/mol. The highest BCUT2D eigenvalue weighted by Crippen LogP contribution is 2.08. The minimum atomic E-state index is -0.269. The van der Waals surface area contributed by atoms with Crippen molar-refractivity contribution in [1.82, 2.24) is 4.98 Å². The lowest BCUT2D eigenvalue weighted by atomic mass is 10.0. The summed E-state index contributed by atoms with van der Waals surface area (Å²) in [4.78, 5) is 15.4. The third-order valence-electron chi connectivity index (χ3n) is 2.11. The van der Waals surface area contributed by atoms with Crippen LogP contribution in [0, 0.1) is 5.92 Å². The van der Waals surface area contributed by atoms with Gasteiger partial charge in [-0.2, -0.15) is 0 Å². The van der Waals surface area contributed by atoms with Gasteiger partial charge >= 0.3 is 5.97 Å². The summed E-state index contributed by atoms with van der Waals surface area (Å²) in [7, 11) is 0. The van der Waals surface area contributed by atoms with Gasteiger partial charge in [-0.3, -0.25) is 9.78 Å². The van der Waals surface area contributed by atoms with Crippen molar-refractivity contribution in [3.8, 4) is 0 Å². The first kappa shape index (κ1) is 11.7. The molecule has 2 N–H and O–H groups in total. The van der Waals surface area contributed by atoms with Crippen LogP contribution in [0.5, 0.6) is 0 Å². The van der Waals surface area contributed by atoms with Crippen LogP contribution in [0.2, 0.25) is 0 Å². The van der Waals surface area contributed by atoms with Gasteiger partial charge in [0.15, 0.2) is 0 Å². The Balaban J connectivity index is 2.58. The first-order valence-corrected chi connectivity index (χ1v) is 5.03.